The van der Waals surface area contributed by atoms with Gasteiger partial charge in [-0.15, -0.1) is 6.58 Å². The van der Waals surface area contributed by atoms with E-state index in [1.807, 2.05) is 36.4 Å². The van der Waals surface area contributed by atoms with Gasteiger partial charge in [-0.1, -0.05) is 61.5 Å². The highest BCUT2D eigenvalue weighted by Gasteiger charge is 2.52. The largest absolute Gasteiger partial charge is 0.482 e. The van der Waals surface area contributed by atoms with Crippen molar-refractivity contribution in [2.24, 2.45) is 5.92 Å². The van der Waals surface area contributed by atoms with Crippen LogP contribution in [0.25, 0.3) is 0 Å². The molecule has 0 radical (unpaired) electrons. The molecule has 3 amide bonds. The molecule has 0 bridgehead atoms. The summed E-state index contributed by atoms with van der Waals surface area (Å²) < 4.78 is 5.60. The zero-order chi connectivity index (χ0) is 31.0. The Bertz CT molecular complexity index is 1670. The second-order valence-corrected chi connectivity index (χ2v) is 11.4. The van der Waals surface area contributed by atoms with Crippen molar-refractivity contribution in [1.29, 1.82) is 0 Å². The smallest absolute Gasteiger partial charge is 0.269 e. The van der Waals surface area contributed by atoms with Crippen molar-refractivity contribution >= 4 is 34.8 Å². The number of fused-ring (bicyclic) bond motifs is 3. The number of aliphatic hydroxyl groups is 2. The Balaban J connectivity index is 1.28. The number of ether oxygens (including phenoxy) is 1. The molecule has 6 rings (SSSR count). The third-order valence-corrected chi connectivity index (χ3v) is 8.79. The van der Waals surface area contributed by atoms with Gasteiger partial charge in [-0.2, -0.15) is 0 Å². The molecule has 3 atom stereocenters. The van der Waals surface area contributed by atoms with E-state index < -0.39 is 17.4 Å². The maximum absolute atomic E-state index is 13.8. The molecule has 0 saturated heterocycles. The van der Waals surface area contributed by atoms with Crippen molar-refractivity contribution in [3.63, 3.8) is 0 Å². The summed E-state index contributed by atoms with van der Waals surface area (Å²) in [5.41, 5.74) is 2.23. The number of carbonyl (C=O) groups is 3. The summed E-state index contributed by atoms with van der Waals surface area (Å²) >= 11 is 0. The Morgan fingerprint density at radius 1 is 1.09 bits per heavy atom. The first-order valence-electron chi connectivity index (χ1n) is 14.8. The number of hydrogen-bond acceptors (Lipinski definition) is 6. The van der Waals surface area contributed by atoms with Gasteiger partial charge in [-0.05, 0) is 47.9 Å². The number of para-hydroxylation sites is 2. The van der Waals surface area contributed by atoms with Gasteiger partial charge >= 0.3 is 0 Å². The lowest BCUT2D eigenvalue weighted by Crippen LogP contribution is -2.46. The fraction of sp³-hybridized carbons (Fsp3) is 0.286. The van der Waals surface area contributed by atoms with Crippen LogP contribution in [-0.2, 0) is 33.0 Å². The Labute approximate surface area is 256 Å². The van der Waals surface area contributed by atoms with Crippen LogP contribution in [0.3, 0.4) is 0 Å². The number of aliphatic hydroxyl groups excluding tert-OH is 1. The van der Waals surface area contributed by atoms with Gasteiger partial charge < -0.3 is 24.7 Å². The third kappa shape index (κ3) is 4.88. The van der Waals surface area contributed by atoms with Crippen molar-refractivity contribution in [2.45, 2.75) is 38.0 Å². The number of anilines is 3. The van der Waals surface area contributed by atoms with Crippen LogP contribution in [0.4, 0.5) is 17.1 Å². The summed E-state index contributed by atoms with van der Waals surface area (Å²) in [4.78, 5) is 44.8. The highest BCUT2D eigenvalue weighted by molar-refractivity contribution is 6.09. The van der Waals surface area contributed by atoms with E-state index in [9.17, 15) is 24.6 Å². The fourth-order valence-corrected chi connectivity index (χ4v) is 6.44. The van der Waals surface area contributed by atoms with Gasteiger partial charge in [0, 0.05) is 36.7 Å². The van der Waals surface area contributed by atoms with E-state index in [-0.39, 0.29) is 44.0 Å². The predicted molar refractivity (Wildman–Crippen MR) is 166 cm³/mol. The van der Waals surface area contributed by atoms with Gasteiger partial charge in [-0.3, -0.25) is 19.3 Å². The number of benzene rings is 3. The Hall–Kier alpha value is -4.73. The van der Waals surface area contributed by atoms with Gasteiger partial charge in [-0.25, -0.2) is 0 Å². The standard InChI is InChI=1S/C35H35N3O6/c1-3-17-36-29-16-15-26(38-30-12-6-7-13-31(30)44-22-33(38)41)19-28(29)35(43,34(36)42)23(2)9-8-14-32(40)37-20-25-11-5-4-10-24(25)18-27(37)21-39/h3-13,15-16,19,23,27,39,43H,1,14,17-18,20-22H2,2H3/b9-8+/t23-,27+,35+/m1/s1. The number of nitrogens with zero attached hydrogens (tertiary/aromatic N) is 3. The van der Waals surface area contributed by atoms with Crippen LogP contribution >= 0.6 is 0 Å². The molecule has 2 N–H and O–H groups in total. The second kappa shape index (κ2) is 11.7. The molecule has 0 spiro atoms. The molecule has 0 aliphatic carbocycles. The van der Waals surface area contributed by atoms with Crippen LogP contribution in [0, 0.1) is 5.92 Å². The molecular formula is C35H35N3O6. The molecule has 0 fully saturated rings. The van der Waals surface area contributed by atoms with E-state index in [1.54, 1.807) is 60.4 Å². The Kier molecular flexibility index (Phi) is 7.84. The van der Waals surface area contributed by atoms with E-state index in [1.165, 1.54) is 9.80 Å². The monoisotopic (exact) mass is 593 g/mol. The molecule has 9 heteroatoms. The minimum absolute atomic E-state index is 0.0512. The number of rotatable bonds is 8. The minimum Gasteiger partial charge on any atom is -0.482 e. The van der Waals surface area contributed by atoms with Crippen molar-refractivity contribution in [2.75, 3.05) is 29.6 Å². The Morgan fingerprint density at radius 2 is 1.84 bits per heavy atom. The van der Waals surface area contributed by atoms with Gasteiger partial charge in [0.25, 0.3) is 11.8 Å². The van der Waals surface area contributed by atoms with Crippen molar-refractivity contribution in [3.05, 3.63) is 108 Å². The second-order valence-electron chi connectivity index (χ2n) is 11.4. The fourth-order valence-electron chi connectivity index (χ4n) is 6.44. The van der Waals surface area contributed by atoms with Gasteiger partial charge in [0.05, 0.1) is 24.0 Å². The molecule has 3 aromatic carbocycles. The molecule has 9 nitrogen and oxygen atoms in total. The summed E-state index contributed by atoms with van der Waals surface area (Å²) in [6.45, 7) is 5.85. The summed E-state index contributed by atoms with van der Waals surface area (Å²) in [6.07, 6.45) is 5.59. The number of hydrogen-bond donors (Lipinski definition) is 2. The van der Waals surface area contributed by atoms with Crippen molar-refractivity contribution in [1.82, 2.24) is 4.90 Å². The lowest BCUT2D eigenvalue weighted by Gasteiger charge is -2.36. The van der Waals surface area contributed by atoms with Crippen LogP contribution < -0.4 is 14.5 Å². The topological polar surface area (TPSA) is 111 Å². The highest BCUT2D eigenvalue weighted by atomic mass is 16.5. The van der Waals surface area contributed by atoms with Crippen LogP contribution in [0.5, 0.6) is 5.75 Å². The van der Waals surface area contributed by atoms with Crippen LogP contribution in [-0.4, -0.2) is 58.6 Å². The molecule has 3 aromatic rings. The van der Waals surface area contributed by atoms with Gasteiger partial charge in [0.15, 0.2) is 12.2 Å². The van der Waals surface area contributed by atoms with Crippen LogP contribution in [0.2, 0.25) is 0 Å². The summed E-state index contributed by atoms with van der Waals surface area (Å²) in [7, 11) is 0. The van der Waals surface area contributed by atoms with E-state index in [4.69, 9.17) is 4.74 Å². The molecule has 3 aliphatic rings. The highest BCUT2D eigenvalue weighted by Crippen LogP contribution is 2.48. The van der Waals surface area contributed by atoms with E-state index in [2.05, 4.69) is 6.58 Å². The normalized spacial score (nSPS) is 21.5. The van der Waals surface area contributed by atoms with Gasteiger partial charge in [0.2, 0.25) is 5.91 Å². The summed E-state index contributed by atoms with van der Waals surface area (Å²) in [5, 5.41) is 22.1. The third-order valence-electron chi connectivity index (χ3n) is 8.79. The summed E-state index contributed by atoms with van der Waals surface area (Å²) in [5.74, 6) is -1.07. The molecule has 0 saturated carbocycles. The zero-order valence-electron chi connectivity index (χ0n) is 24.6. The first-order valence-corrected chi connectivity index (χ1v) is 14.8. The number of amides is 3. The van der Waals surface area contributed by atoms with Gasteiger partial charge in [0.1, 0.15) is 5.75 Å². The van der Waals surface area contributed by atoms with Crippen molar-refractivity contribution in [3.8, 4) is 5.75 Å². The molecule has 3 heterocycles. The minimum atomic E-state index is -1.94. The zero-order valence-corrected chi connectivity index (χ0v) is 24.6. The maximum atomic E-state index is 13.8. The molecular weight excluding hydrogens is 558 g/mol. The maximum Gasteiger partial charge on any atom is 0.269 e. The first kappa shape index (κ1) is 29.3. The van der Waals surface area contributed by atoms with Crippen molar-refractivity contribution < 1.29 is 29.3 Å². The molecule has 3 aliphatic heterocycles. The molecule has 226 valence electrons. The Morgan fingerprint density at radius 3 is 2.61 bits per heavy atom. The number of carbonyl (C=O) groups excluding carboxylic acids is 3. The van der Waals surface area contributed by atoms with E-state index in [0.717, 1.165) is 11.1 Å². The molecule has 0 aromatic heterocycles. The van der Waals surface area contributed by atoms with E-state index >= 15 is 0 Å². The van der Waals surface area contributed by atoms with E-state index in [0.29, 0.717) is 41.3 Å². The van der Waals surface area contributed by atoms with Crippen LogP contribution in [0.1, 0.15) is 30.0 Å². The molecule has 44 heavy (non-hydrogen) atoms. The predicted octanol–water partition coefficient (Wildman–Crippen LogP) is 3.99. The average Bonchev–Trinajstić information content (AvgIpc) is 3.26. The lowest BCUT2D eigenvalue weighted by molar-refractivity contribution is -0.139. The lowest BCUT2D eigenvalue weighted by atomic mass is 9.82. The summed E-state index contributed by atoms with van der Waals surface area (Å²) in [6, 6.07) is 20.0. The van der Waals surface area contributed by atoms with Crippen LogP contribution in [0.15, 0.2) is 91.5 Å². The average molecular weight is 594 g/mol. The quantitative estimate of drug-likeness (QED) is 0.382. The molecule has 0 unspecified atom stereocenters. The SMILES string of the molecule is C=CCN1C(=O)[C@](O)([C@H](C)/C=C/CC(=O)N2Cc3ccccc3C[C@H]2CO)c2cc(N3C(=O)COc4ccccc43)ccc21. The first-order chi connectivity index (χ1) is 21.3.